The van der Waals surface area contributed by atoms with Crippen molar-refractivity contribution in [1.29, 1.82) is 0 Å². The van der Waals surface area contributed by atoms with Gasteiger partial charge in [0.2, 0.25) is 5.91 Å². The first kappa shape index (κ1) is 21.7. The number of nitrogens with one attached hydrogen (secondary N) is 2. The lowest BCUT2D eigenvalue weighted by Gasteiger charge is -2.31. The van der Waals surface area contributed by atoms with E-state index in [9.17, 15) is 9.59 Å². The van der Waals surface area contributed by atoms with Crippen LogP contribution >= 0.6 is 0 Å². The Hall–Kier alpha value is -3.16. The van der Waals surface area contributed by atoms with Crippen molar-refractivity contribution in [2.45, 2.75) is 38.5 Å². The third kappa shape index (κ3) is 4.65. The van der Waals surface area contributed by atoms with Crippen LogP contribution in [0.5, 0.6) is 0 Å². The molecule has 0 saturated carbocycles. The summed E-state index contributed by atoms with van der Waals surface area (Å²) in [6.07, 6.45) is 1.31. The fraction of sp³-hybridized carbons (Fsp3) is 0.385. The van der Waals surface area contributed by atoms with Crippen LogP contribution in [0.4, 0.5) is 5.69 Å². The van der Waals surface area contributed by atoms with Gasteiger partial charge in [0.25, 0.3) is 5.91 Å². The molecule has 2 aromatic rings. The van der Waals surface area contributed by atoms with Gasteiger partial charge in [0.15, 0.2) is 0 Å². The van der Waals surface area contributed by atoms with Crippen LogP contribution in [0, 0.1) is 0 Å². The lowest BCUT2D eigenvalue weighted by atomic mass is 10.0. The number of nitrogens with zero attached hydrogens (tertiary/aromatic N) is 2. The summed E-state index contributed by atoms with van der Waals surface area (Å²) in [6.45, 7) is 9.48. The lowest BCUT2D eigenvalue weighted by Crippen LogP contribution is -2.49. The number of allylic oxidation sites excluding steroid dienone is 1. The Labute approximate surface area is 194 Å². The van der Waals surface area contributed by atoms with Crippen LogP contribution in [0.1, 0.15) is 39.9 Å². The zero-order valence-electron chi connectivity index (χ0n) is 18.8. The van der Waals surface area contributed by atoms with E-state index < -0.39 is 6.04 Å². The summed E-state index contributed by atoms with van der Waals surface area (Å²) in [4.78, 5) is 29.6. The normalized spacial score (nSPS) is 21.2. The number of ether oxygens (including phenoxy) is 1. The molecule has 1 unspecified atom stereocenters. The van der Waals surface area contributed by atoms with Crippen LogP contribution in [-0.4, -0.2) is 54.0 Å². The van der Waals surface area contributed by atoms with Crippen molar-refractivity contribution in [1.82, 2.24) is 15.1 Å². The van der Waals surface area contributed by atoms with E-state index in [1.54, 1.807) is 4.90 Å². The van der Waals surface area contributed by atoms with Crippen LogP contribution < -0.4 is 10.6 Å². The lowest BCUT2D eigenvalue weighted by molar-refractivity contribution is -0.126. The molecule has 2 saturated heterocycles. The van der Waals surface area contributed by atoms with Gasteiger partial charge in [0.1, 0.15) is 6.04 Å². The minimum absolute atomic E-state index is 0.0752. The highest BCUT2D eigenvalue weighted by Crippen LogP contribution is 2.33. The van der Waals surface area contributed by atoms with E-state index in [1.165, 1.54) is 11.1 Å². The summed E-state index contributed by atoms with van der Waals surface area (Å²) in [5.74, 6) is -0.215. The van der Waals surface area contributed by atoms with Gasteiger partial charge in [-0.3, -0.25) is 14.5 Å². The minimum atomic E-state index is -0.442. The van der Waals surface area contributed by atoms with Gasteiger partial charge in [-0.1, -0.05) is 36.9 Å². The van der Waals surface area contributed by atoms with Crippen molar-refractivity contribution >= 4 is 17.5 Å². The van der Waals surface area contributed by atoms with Crippen molar-refractivity contribution in [3.63, 3.8) is 0 Å². The highest BCUT2D eigenvalue weighted by atomic mass is 16.5. The zero-order chi connectivity index (χ0) is 22.8. The fourth-order valence-corrected chi connectivity index (χ4v) is 4.81. The number of carbonyl (C=O) groups excluding carboxylic acids is 2. The number of hydrogen-bond donors (Lipinski definition) is 2. The molecule has 0 spiro atoms. The molecule has 7 heteroatoms. The second-order valence-corrected chi connectivity index (χ2v) is 8.97. The maximum Gasteiger partial charge on any atom is 0.255 e. The van der Waals surface area contributed by atoms with E-state index >= 15 is 0 Å². The molecule has 0 radical (unpaired) electrons. The molecule has 0 aromatic heterocycles. The number of hydrogen-bond acceptors (Lipinski definition) is 5. The SMILES string of the molecule is C=C1CCC(N2Cc3c(NCc4ccc(CN5CCOCC5)cc4)cccc3C2=O)C(=O)N1. The first-order valence-electron chi connectivity index (χ1n) is 11.6. The number of amides is 2. The maximum absolute atomic E-state index is 13.0. The Balaban J connectivity index is 1.23. The van der Waals surface area contributed by atoms with E-state index in [-0.39, 0.29) is 11.8 Å². The summed E-state index contributed by atoms with van der Waals surface area (Å²) in [7, 11) is 0. The molecule has 33 heavy (non-hydrogen) atoms. The van der Waals surface area contributed by atoms with Gasteiger partial charge in [0, 0.05) is 55.2 Å². The molecule has 7 nitrogen and oxygen atoms in total. The molecule has 2 fully saturated rings. The molecule has 172 valence electrons. The predicted octanol–water partition coefficient (Wildman–Crippen LogP) is 2.88. The summed E-state index contributed by atoms with van der Waals surface area (Å²) in [5.41, 5.74) is 5.79. The zero-order valence-corrected chi connectivity index (χ0v) is 18.8. The van der Waals surface area contributed by atoms with Crippen LogP contribution in [-0.2, 0) is 29.2 Å². The van der Waals surface area contributed by atoms with E-state index in [1.807, 2.05) is 18.2 Å². The van der Waals surface area contributed by atoms with E-state index in [4.69, 9.17) is 4.74 Å². The average molecular weight is 447 g/mol. The number of carbonyl (C=O) groups is 2. The number of rotatable bonds is 6. The Morgan fingerprint density at radius 3 is 2.58 bits per heavy atom. The van der Waals surface area contributed by atoms with Crippen molar-refractivity contribution < 1.29 is 14.3 Å². The Kier molecular flexibility index (Phi) is 6.15. The molecule has 2 N–H and O–H groups in total. The molecular weight excluding hydrogens is 416 g/mol. The molecule has 0 aliphatic carbocycles. The number of morpholine rings is 1. The Morgan fingerprint density at radius 1 is 1.06 bits per heavy atom. The molecular formula is C26H30N4O3. The van der Waals surface area contributed by atoms with Gasteiger partial charge in [-0.15, -0.1) is 0 Å². The molecule has 3 heterocycles. The average Bonchev–Trinajstić information content (AvgIpc) is 3.16. The highest BCUT2D eigenvalue weighted by Gasteiger charge is 2.38. The van der Waals surface area contributed by atoms with Gasteiger partial charge in [-0.25, -0.2) is 0 Å². The van der Waals surface area contributed by atoms with Gasteiger partial charge in [-0.2, -0.15) is 0 Å². The van der Waals surface area contributed by atoms with Gasteiger partial charge >= 0.3 is 0 Å². The highest BCUT2D eigenvalue weighted by molar-refractivity contribution is 6.02. The quantitative estimate of drug-likeness (QED) is 0.714. The summed E-state index contributed by atoms with van der Waals surface area (Å²) in [6, 6.07) is 14.0. The van der Waals surface area contributed by atoms with Crippen molar-refractivity contribution in [3.8, 4) is 0 Å². The number of piperidine rings is 1. The molecule has 0 bridgehead atoms. The maximum atomic E-state index is 13.0. The molecule has 3 aliphatic rings. The third-order valence-corrected chi connectivity index (χ3v) is 6.71. The third-order valence-electron chi connectivity index (χ3n) is 6.71. The topological polar surface area (TPSA) is 73.9 Å². The first-order chi connectivity index (χ1) is 16.1. The smallest absolute Gasteiger partial charge is 0.255 e. The van der Waals surface area contributed by atoms with E-state index in [0.717, 1.165) is 49.8 Å². The first-order valence-corrected chi connectivity index (χ1v) is 11.6. The van der Waals surface area contributed by atoms with E-state index in [2.05, 4.69) is 46.4 Å². The molecule has 3 aliphatic heterocycles. The van der Waals surface area contributed by atoms with Gasteiger partial charge in [-0.05, 0) is 36.1 Å². The Morgan fingerprint density at radius 2 is 1.82 bits per heavy atom. The van der Waals surface area contributed by atoms with Crippen molar-refractivity contribution in [2.75, 3.05) is 31.6 Å². The summed E-state index contributed by atoms with van der Waals surface area (Å²) >= 11 is 0. The Bertz CT molecular complexity index is 1060. The standard InChI is InChI=1S/C26H30N4O3/c1-18-5-10-24(25(31)28-18)30-17-22-21(26(30)32)3-2-4-23(22)27-15-19-6-8-20(9-7-19)16-29-11-13-33-14-12-29/h2-4,6-9,24,27H,1,5,10-17H2,(H,28,31). The van der Waals surface area contributed by atoms with Gasteiger partial charge < -0.3 is 20.3 Å². The number of anilines is 1. The second kappa shape index (κ2) is 9.37. The summed E-state index contributed by atoms with van der Waals surface area (Å²) in [5, 5.41) is 6.30. The molecule has 2 amide bonds. The van der Waals surface area contributed by atoms with E-state index in [0.29, 0.717) is 31.5 Å². The van der Waals surface area contributed by atoms with Crippen LogP contribution in [0.15, 0.2) is 54.7 Å². The fourth-order valence-electron chi connectivity index (χ4n) is 4.81. The van der Waals surface area contributed by atoms with Crippen LogP contribution in [0.2, 0.25) is 0 Å². The van der Waals surface area contributed by atoms with Gasteiger partial charge in [0.05, 0.1) is 13.2 Å². The second-order valence-electron chi connectivity index (χ2n) is 8.97. The predicted molar refractivity (Wildman–Crippen MR) is 126 cm³/mol. The van der Waals surface area contributed by atoms with Crippen molar-refractivity contribution in [2.24, 2.45) is 0 Å². The minimum Gasteiger partial charge on any atom is -0.381 e. The molecule has 2 aromatic carbocycles. The van der Waals surface area contributed by atoms with Crippen LogP contribution in [0.25, 0.3) is 0 Å². The molecule has 1 atom stereocenters. The van der Waals surface area contributed by atoms with Crippen molar-refractivity contribution in [3.05, 3.63) is 77.0 Å². The molecule has 5 rings (SSSR count). The number of fused-ring (bicyclic) bond motifs is 1. The summed E-state index contributed by atoms with van der Waals surface area (Å²) < 4.78 is 5.42. The largest absolute Gasteiger partial charge is 0.381 e. The monoisotopic (exact) mass is 446 g/mol. The number of benzene rings is 2. The van der Waals surface area contributed by atoms with Crippen LogP contribution in [0.3, 0.4) is 0 Å².